The predicted molar refractivity (Wildman–Crippen MR) is 66.3 cm³/mol. The van der Waals surface area contributed by atoms with Crippen molar-refractivity contribution in [1.29, 1.82) is 2.61 Å². The number of rotatable bonds is 5. The van der Waals surface area contributed by atoms with E-state index < -0.39 is 7.61 Å². The van der Waals surface area contributed by atoms with Gasteiger partial charge in [-0.3, -0.25) is 0 Å². The Morgan fingerprint density at radius 2 is 2.50 bits per heavy atom. The van der Waals surface area contributed by atoms with Crippen LogP contribution in [0.1, 0.15) is 27.7 Å². The molecule has 0 N–H and O–H groups in total. The molecule has 0 saturated carbocycles. The van der Waals surface area contributed by atoms with Crippen molar-refractivity contribution in [3.8, 4) is 0 Å². The molecule has 3 unspecified atom stereocenters. The summed E-state index contributed by atoms with van der Waals surface area (Å²) < 4.78 is 25.5. The van der Waals surface area contributed by atoms with Gasteiger partial charge in [0.1, 0.15) is 7.53 Å². The highest BCUT2D eigenvalue weighted by atomic mass is 32.7. The van der Waals surface area contributed by atoms with Gasteiger partial charge < -0.3 is 8.92 Å². The van der Waals surface area contributed by atoms with Crippen LogP contribution in [0.15, 0.2) is 0 Å². The van der Waals surface area contributed by atoms with E-state index >= 15 is 0 Å². The van der Waals surface area contributed by atoms with Crippen LogP contribution in [0, 0.1) is 11.3 Å². The minimum absolute atomic E-state index is 0.103. The lowest BCUT2D eigenvalue weighted by atomic mass is 9.76. The van der Waals surface area contributed by atoms with Crippen molar-refractivity contribution in [2.45, 2.75) is 39.9 Å². The first-order valence-corrected chi connectivity index (χ1v) is 7.15. The maximum absolute atomic E-state index is 7.38. The second kappa shape index (κ2) is 5.20. The van der Waals surface area contributed by atoms with E-state index in [1.165, 1.54) is 0 Å². The van der Waals surface area contributed by atoms with Gasteiger partial charge in [0, 0.05) is 11.7 Å². The molecular weight excluding hydrogens is 214 g/mol. The fourth-order valence-electron chi connectivity index (χ4n) is 1.72. The van der Waals surface area contributed by atoms with E-state index in [1.807, 2.05) is 0 Å². The molecule has 0 amide bonds. The molecule has 1 aliphatic rings. The van der Waals surface area contributed by atoms with Gasteiger partial charge in [0.2, 0.25) is 0 Å². The van der Waals surface area contributed by atoms with E-state index in [4.69, 9.17) is 11.5 Å². The molecule has 14 heavy (non-hydrogen) atoms. The first kappa shape index (κ1) is 9.95. The summed E-state index contributed by atoms with van der Waals surface area (Å²) >= 11 is 1.08. The third-order valence-electron chi connectivity index (χ3n) is 3.49. The molecular formula is C9H19BO2PS. The Morgan fingerprint density at radius 1 is 1.79 bits per heavy atom. The number of ether oxygens (including phenoxy) is 1. The molecule has 1 saturated heterocycles. The molecule has 1 rings (SSSR count). The second-order valence-corrected chi connectivity index (χ2v) is 6.07. The minimum Gasteiger partial charge on any atom is -0.372 e. The van der Waals surface area contributed by atoms with Crippen molar-refractivity contribution in [3.63, 3.8) is 0 Å². The molecule has 0 aliphatic carbocycles. The van der Waals surface area contributed by atoms with E-state index in [-0.39, 0.29) is 17.6 Å². The zero-order valence-corrected chi connectivity index (χ0v) is 10.9. The standard InChI is InChI=1S/C9H19BO2PS/c1-6-8(5-11-14-13-10)12-7(2)9(6,3)4/h6-8,10,13H,5H2,1-4H3/t6-,7?,8?,13?/m1/s1/i10T,13D. The Bertz CT molecular complexity index is 236. The second-order valence-electron chi connectivity index (χ2n) is 4.39. The van der Waals surface area contributed by atoms with Gasteiger partial charge in [-0.15, -0.1) is 0 Å². The Balaban J connectivity index is 2.34. The highest BCUT2D eigenvalue weighted by Crippen LogP contribution is 2.43. The Labute approximate surface area is 96.6 Å². The summed E-state index contributed by atoms with van der Waals surface area (Å²) in [5.74, 6) is 0.444. The van der Waals surface area contributed by atoms with Gasteiger partial charge in [-0.2, -0.15) is 0 Å². The van der Waals surface area contributed by atoms with Crippen molar-refractivity contribution >= 4 is 26.8 Å². The van der Waals surface area contributed by atoms with E-state index in [0.29, 0.717) is 12.5 Å². The van der Waals surface area contributed by atoms with E-state index in [1.54, 1.807) is 0 Å². The topological polar surface area (TPSA) is 18.5 Å². The maximum Gasteiger partial charge on any atom is 0.137 e. The van der Waals surface area contributed by atoms with E-state index in [9.17, 15) is 0 Å². The van der Waals surface area contributed by atoms with Gasteiger partial charge in [-0.1, -0.05) is 28.4 Å². The molecule has 1 aliphatic heterocycles. The van der Waals surface area contributed by atoms with Crippen LogP contribution in [-0.4, -0.2) is 29.0 Å². The van der Waals surface area contributed by atoms with Crippen LogP contribution in [0.25, 0.3) is 0 Å². The normalized spacial score (nSPS) is 40.1. The third-order valence-corrected chi connectivity index (χ3v) is 4.39. The molecule has 4 atom stereocenters. The van der Waals surface area contributed by atoms with E-state index in [2.05, 4.69) is 27.7 Å². The fraction of sp³-hybridized carbons (Fsp3) is 1.00. The van der Waals surface area contributed by atoms with Crippen LogP contribution < -0.4 is 0 Å². The molecule has 2 nitrogen and oxygen atoms in total. The molecule has 0 bridgehead atoms. The molecule has 1 radical (unpaired) electrons. The zero-order valence-electron chi connectivity index (χ0n) is 11.2. The molecule has 1 heterocycles. The summed E-state index contributed by atoms with van der Waals surface area (Å²) in [6, 6.07) is 0. The lowest BCUT2D eigenvalue weighted by molar-refractivity contribution is 0.0113. The lowest BCUT2D eigenvalue weighted by Crippen LogP contribution is -2.28. The van der Waals surface area contributed by atoms with Crippen LogP contribution in [0.2, 0.25) is 0 Å². The smallest absolute Gasteiger partial charge is 0.137 e. The molecule has 0 aromatic heterocycles. The van der Waals surface area contributed by atoms with Crippen LogP contribution in [0.5, 0.6) is 0 Å². The van der Waals surface area contributed by atoms with Crippen molar-refractivity contribution in [3.05, 3.63) is 0 Å². The third kappa shape index (κ3) is 2.66. The summed E-state index contributed by atoms with van der Waals surface area (Å²) in [5.41, 5.74) is 0.173. The SMILES string of the molecule is [2H]P([B][3H])SOCC1OC(C)C(C)(C)[C@@H]1C. The van der Waals surface area contributed by atoms with E-state index in [0.717, 1.165) is 19.2 Å². The summed E-state index contributed by atoms with van der Waals surface area (Å²) in [6.45, 7) is 9.21. The number of hydrogen-bond donors (Lipinski definition) is 0. The van der Waals surface area contributed by atoms with Gasteiger partial charge in [-0.05, 0) is 19.6 Å². The average molecular weight is 236 g/mol. The summed E-state index contributed by atoms with van der Waals surface area (Å²) in [6.07, 6.45) is 0.341. The highest BCUT2D eigenvalue weighted by molar-refractivity contribution is 8.53. The van der Waals surface area contributed by atoms with Crippen molar-refractivity contribution in [1.82, 2.24) is 0 Å². The van der Waals surface area contributed by atoms with Crippen molar-refractivity contribution in [2.75, 3.05) is 6.61 Å². The predicted octanol–water partition coefficient (Wildman–Crippen LogP) is 2.51. The van der Waals surface area contributed by atoms with Gasteiger partial charge >= 0.3 is 0 Å². The van der Waals surface area contributed by atoms with Crippen molar-refractivity contribution in [2.24, 2.45) is 11.3 Å². The van der Waals surface area contributed by atoms with Gasteiger partial charge in [0.05, 0.1) is 20.1 Å². The number of hydrogen-bond acceptors (Lipinski definition) is 3. The monoisotopic (exact) mass is 236 g/mol. The molecule has 0 aromatic carbocycles. The van der Waals surface area contributed by atoms with Crippen LogP contribution in [-0.2, 0) is 8.92 Å². The Morgan fingerprint density at radius 3 is 3.00 bits per heavy atom. The first-order valence-electron chi connectivity index (χ1n) is 5.87. The molecule has 0 spiro atoms. The Hall–Kier alpha value is 0.765. The first-order chi connectivity index (χ1) is 7.39. The molecule has 5 heteroatoms. The maximum atomic E-state index is 7.38. The quantitative estimate of drug-likeness (QED) is 0.415. The lowest BCUT2D eigenvalue weighted by Gasteiger charge is -2.26. The Kier molecular flexibility index (Phi) is 3.70. The largest absolute Gasteiger partial charge is 0.372 e. The average Bonchev–Trinajstić information content (AvgIpc) is 2.42. The van der Waals surface area contributed by atoms with Gasteiger partial charge in [-0.25, -0.2) is 0 Å². The fourth-order valence-corrected chi connectivity index (χ4v) is 2.34. The van der Waals surface area contributed by atoms with Crippen LogP contribution in [0.4, 0.5) is 0 Å². The molecule has 81 valence electrons. The van der Waals surface area contributed by atoms with Gasteiger partial charge in [0.15, 0.2) is 0 Å². The zero-order chi connectivity index (χ0) is 12.3. The van der Waals surface area contributed by atoms with Crippen LogP contribution >= 0.6 is 19.3 Å². The molecule has 1 fully saturated rings. The molecule has 0 aromatic rings. The highest BCUT2D eigenvalue weighted by Gasteiger charge is 2.45. The summed E-state index contributed by atoms with van der Waals surface area (Å²) in [5, 5.41) is 0. The summed E-state index contributed by atoms with van der Waals surface area (Å²) in [7, 11) is -0.101. The van der Waals surface area contributed by atoms with Crippen molar-refractivity contribution < 1.29 is 8.92 Å². The minimum atomic E-state index is -1.22. The van der Waals surface area contributed by atoms with Gasteiger partial charge in [0.25, 0.3) is 0 Å². The summed E-state index contributed by atoms with van der Waals surface area (Å²) in [4.78, 5) is 0. The van der Waals surface area contributed by atoms with Crippen LogP contribution in [0.3, 0.4) is 0 Å².